The van der Waals surface area contributed by atoms with Crippen molar-refractivity contribution in [2.45, 2.75) is 17.5 Å². The molecule has 0 bridgehead atoms. The van der Waals surface area contributed by atoms with Gasteiger partial charge in [-0.3, -0.25) is 4.79 Å². The fourth-order valence-electron chi connectivity index (χ4n) is 3.19. The Labute approximate surface area is 145 Å². The molecule has 0 radical (unpaired) electrons. The molecule has 0 atom stereocenters. The van der Waals surface area contributed by atoms with E-state index in [4.69, 9.17) is 0 Å². The number of carbonyl (C=O) groups excluding carboxylic acids is 1. The molecule has 4 rings (SSSR count). The highest BCUT2D eigenvalue weighted by atomic mass is 32.2. The van der Waals surface area contributed by atoms with Crippen LogP contribution in [0.5, 0.6) is 0 Å². The maximum absolute atomic E-state index is 12.8. The monoisotopic (exact) mass is 341 g/mol. The number of benzene rings is 2. The standard InChI is InChI=1S/C19H19NOS2/c21-18(20-10-9-14-3-1-2-4-17(14)13-20)15-5-7-16(8-6-15)19-22-11-12-23-19/h1-8,19H,9-13H2. The molecular weight excluding hydrogens is 322 g/mol. The summed E-state index contributed by atoms with van der Waals surface area (Å²) in [5.74, 6) is 2.60. The predicted molar refractivity (Wildman–Crippen MR) is 99.0 cm³/mol. The summed E-state index contributed by atoms with van der Waals surface area (Å²) >= 11 is 4.00. The van der Waals surface area contributed by atoms with Gasteiger partial charge in [-0.2, -0.15) is 0 Å². The Morgan fingerprint density at radius 1 is 0.957 bits per heavy atom. The van der Waals surface area contributed by atoms with Gasteiger partial charge in [0.1, 0.15) is 0 Å². The minimum Gasteiger partial charge on any atom is -0.334 e. The lowest BCUT2D eigenvalue weighted by Crippen LogP contribution is -2.35. The van der Waals surface area contributed by atoms with Crippen LogP contribution in [0, 0.1) is 0 Å². The van der Waals surface area contributed by atoms with Crippen LogP contribution in [0.3, 0.4) is 0 Å². The quantitative estimate of drug-likeness (QED) is 0.809. The molecule has 0 N–H and O–H groups in total. The molecule has 2 aliphatic rings. The largest absolute Gasteiger partial charge is 0.334 e. The Balaban J connectivity index is 1.49. The molecule has 0 saturated carbocycles. The van der Waals surface area contributed by atoms with Crippen LogP contribution in [-0.2, 0) is 13.0 Å². The molecule has 2 heterocycles. The summed E-state index contributed by atoms with van der Waals surface area (Å²) in [6.45, 7) is 1.54. The number of rotatable bonds is 2. The maximum Gasteiger partial charge on any atom is 0.254 e. The lowest BCUT2D eigenvalue weighted by atomic mass is 9.99. The maximum atomic E-state index is 12.8. The third-order valence-corrected chi connectivity index (χ3v) is 7.57. The molecule has 0 aliphatic carbocycles. The zero-order chi connectivity index (χ0) is 15.6. The first kappa shape index (κ1) is 15.2. The molecule has 2 aliphatic heterocycles. The zero-order valence-corrected chi connectivity index (χ0v) is 14.5. The van der Waals surface area contributed by atoms with E-state index in [2.05, 4.69) is 36.4 Å². The molecule has 2 nitrogen and oxygen atoms in total. The van der Waals surface area contributed by atoms with Crippen LogP contribution in [-0.4, -0.2) is 28.9 Å². The van der Waals surface area contributed by atoms with Crippen molar-refractivity contribution in [1.82, 2.24) is 4.90 Å². The van der Waals surface area contributed by atoms with E-state index in [-0.39, 0.29) is 5.91 Å². The molecule has 118 valence electrons. The Bertz CT molecular complexity index is 708. The van der Waals surface area contributed by atoms with Gasteiger partial charge in [-0.15, -0.1) is 23.5 Å². The first-order valence-electron chi connectivity index (χ1n) is 8.00. The normalized spacial score (nSPS) is 18.0. The number of hydrogen-bond acceptors (Lipinski definition) is 3. The molecule has 0 spiro atoms. The average molecular weight is 342 g/mol. The van der Waals surface area contributed by atoms with Gasteiger partial charge >= 0.3 is 0 Å². The number of hydrogen-bond donors (Lipinski definition) is 0. The highest BCUT2D eigenvalue weighted by molar-refractivity contribution is 8.19. The van der Waals surface area contributed by atoms with Crippen molar-refractivity contribution in [1.29, 1.82) is 0 Å². The first-order chi connectivity index (χ1) is 11.3. The van der Waals surface area contributed by atoms with E-state index in [1.807, 2.05) is 40.6 Å². The number of amides is 1. The second-order valence-electron chi connectivity index (χ2n) is 5.94. The number of nitrogens with zero attached hydrogens (tertiary/aromatic N) is 1. The number of thioether (sulfide) groups is 2. The lowest BCUT2D eigenvalue weighted by molar-refractivity contribution is 0.0734. The highest BCUT2D eigenvalue weighted by Crippen LogP contribution is 2.45. The van der Waals surface area contributed by atoms with Crippen molar-refractivity contribution < 1.29 is 4.79 Å². The Morgan fingerprint density at radius 2 is 1.65 bits per heavy atom. The summed E-state index contributed by atoms with van der Waals surface area (Å²) in [7, 11) is 0. The van der Waals surface area contributed by atoms with Gasteiger partial charge in [-0.25, -0.2) is 0 Å². The van der Waals surface area contributed by atoms with Gasteiger partial charge in [-0.1, -0.05) is 36.4 Å². The van der Waals surface area contributed by atoms with Gasteiger partial charge in [0.2, 0.25) is 0 Å². The number of carbonyl (C=O) groups is 1. The Hall–Kier alpha value is -1.39. The van der Waals surface area contributed by atoms with E-state index >= 15 is 0 Å². The van der Waals surface area contributed by atoms with Gasteiger partial charge < -0.3 is 4.90 Å². The predicted octanol–water partition coefficient (Wildman–Crippen LogP) is 4.36. The Kier molecular flexibility index (Phi) is 4.36. The first-order valence-corrected chi connectivity index (χ1v) is 10.1. The Morgan fingerprint density at radius 3 is 2.39 bits per heavy atom. The lowest BCUT2D eigenvalue weighted by Gasteiger charge is -2.29. The molecule has 2 aromatic rings. The van der Waals surface area contributed by atoms with Crippen LogP contribution < -0.4 is 0 Å². The van der Waals surface area contributed by atoms with E-state index in [1.54, 1.807) is 0 Å². The van der Waals surface area contributed by atoms with Crippen molar-refractivity contribution in [3.63, 3.8) is 0 Å². The molecule has 4 heteroatoms. The van der Waals surface area contributed by atoms with Gasteiger partial charge in [0, 0.05) is 30.2 Å². The summed E-state index contributed by atoms with van der Waals surface area (Å²) < 4.78 is 0.543. The topological polar surface area (TPSA) is 20.3 Å². The van der Waals surface area contributed by atoms with Gasteiger partial charge in [0.25, 0.3) is 5.91 Å². The fourth-order valence-corrected chi connectivity index (χ4v) is 6.04. The third kappa shape index (κ3) is 3.15. The molecule has 0 unspecified atom stereocenters. The van der Waals surface area contributed by atoms with Gasteiger partial charge in [0.05, 0.1) is 4.58 Å². The molecule has 1 fully saturated rings. The zero-order valence-electron chi connectivity index (χ0n) is 12.9. The summed E-state index contributed by atoms with van der Waals surface area (Å²) in [5, 5.41) is 0. The van der Waals surface area contributed by atoms with Crippen molar-refractivity contribution >= 4 is 29.4 Å². The molecule has 1 amide bonds. The second kappa shape index (κ2) is 6.62. The highest BCUT2D eigenvalue weighted by Gasteiger charge is 2.22. The third-order valence-electron chi connectivity index (χ3n) is 4.47. The molecular formula is C19H19NOS2. The van der Waals surface area contributed by atoms with Crippen molar-refractivity contribution in [3.8, 4) is 0 Å². The van der Waals surface area contributed by atoms with Crippen LogP contribution >= 0.6 is 23.5 Å². The van der Waals surface area contributed by atoms with Crippen LogP contribution in [0.15, 0.2) is 48.5 Å². The van der Waals surface area contributed by atoms with Crippen LogP contribution in [0.2, 0.25) is 0 Å². The van der Waals surface area contributed by atoms with E-state index in [0.717, 1.165) is 25.1 Å². The van der Waals surface area contributed by atoms with E-state index in [0.29, 0.717) is 4.58 Å². The fraction of sp³-hybridized carbons (Fsp3) is 0.316. The minimum absolute atomic E-state index is 0.151. The van der Waals surface area contributed by atoms with Gasteiger partial charge in [0.15, 0.2) is 0 Å². The van der Waals surface area contributed by atoms with Gasteiger partial charge in [-0.05, 0) is 35.2 Å². The van der Waals surface area contributed by atoms with Crippen molar-refractivity contribution in [3.05, 3.63) is 70.8 Å². The van der Waals surface area contributed by atoms with Crippen molar-refractivity contribution in [2.75, 3.05) is 18.1 Å². The van der Waals surface area contributed by atoms with Crippen LogP contribution in [0.1, 0.15) is 31.6 Å². The SMILES string of the molecule is O=C(c1ccc(C2SCCS2)cc1)N1CCc2ccccc2C1. The second-order valence-corrected chi connectivity index (χ2v) is 8.67. The average Bonchev–Trinajstić information content (AvgIpc) is 3.15. The molecule has 23 heavy (non-hydrogen) atoms. The summed E-state index contributed by atoms with van der Waals surface area (Å²) in [6, 6.07) is 16.7. The van der Waals surface area contributed by atoms with E-state index in [1.165, 1.54) is 28.2 Å². The summed E-state index contributed by atoms with van der Waals surface area (Å²) in [5.41, 5.74) is 4.80. The molecule has 0 aromatic heterocycles. The van der Waals surface area contributed by atoms with Crippen molar-refractivity contribution in [2.24, 2.45) is 0 Å². The van der Waals surface area contributed by atoms with Crippen LogP contribution in [0.25, 0.3) is 0 Å². The number of fused-ring (bicyclic) bond motifs is 1. The smallest absolute Gasteiger partial charge is 0.254 e. The molecule has 2 aromatic carbocycles. The van der Waals surface area contributed by atoms with E-state index in [9.17, 15) is 4.79 Å². The van der Waals surface area contributed by atoms with E-state index < -0.39 is 0 Å². The summed E-state index contributed by atoms with van der Waals surface area (Å²) in [6.07, 6.45) is 0.954. The minimum atomic E-state index is 0.151. The summed E-state index contributed by atoms with van der Waals surface area (Å²) in [4.78, 5) is 14.7. The van der Waals surface area contributed by atoms with Crippen LogP contribution in [0.4, 0.5) is 0 Å². The molecule has 1 saturated heterocycles.